The van der Waals surface area contributed by atoms with Gasteiger partial charge in [-0.05, 0) is 44.0 Å². The van der Waals surface area contributed by atoms with Crippen LogP contribution in [0.1, 0.15) is 54.7 Å². The molecule has 0 saturated heterocycles. The zero-order chi connectivity index (χ0) is 29.2. The molecule has 0 aromatic heterocycles. The molecule has 0 aliphatic rings. The first kappa shape index (κ1) is 28.3. The Kier molecular flexibility index (Phi) is 7.99. The van der Waals surface area contributed by atoms with E-state index in [0.717, 1.165) is 25.1 Å². The zero-order valence-corrected chi connectivity index (χ0v) is 21.4. The molecule has 4 N–H and O–H groups in total. The van der Waals surface area contributed by atoms with Crippen molar-refractivity contribution in [2.24, 2.45) is 0 Å². The lowest BCUT2D eigenvalue weighted by Crippen LogP contribution is -2.15. The summed E-state index contributed by atoms with van der Waals surface area (Å²) in [5, 5.41) is 39.8. The Balaban J connectivity index is 1.91. The first-order valence-electron chi connectivity index (χ1n) is 11.2. The Hall–Kier alpha value is -5.26. The van der Waals surface area contributed by atoms with Gasteiger partial charge in [0.25, 0.3) is 0 Å². The summed E-state index contributed by atoms with van der Waals surface area (Å²) in [7, 11) is 1.25. The van der Waals surface area contributed by atoms with Gasteiger partial charge in [-0.15, -0.1) is 0 Å². The lowest BCUT2D eigenvalue weighted by molar-refractivity contribution is -0.132. The first-order chi connectivity index (χ1) is 18.2. The van der Waals surface area contributed by atoms with Crippen molar-refractivity contribution in [3.63, 3.8) is 0 Å². The average Bonchev–Trinajstić information content (AvgIpc) is 2.79. The highest BCUT2D eigenvalue weighted by Gasteiger charge is 2.26. The lowest BCUT2D eigenvalue weighted by atomic mass is 10.0. The Morgan fingerprint density at radius 3 is 1.59 bits per heavy atom. The molecule has 12 nitrogen and oxygen atoms in total. The van der Waals surface area contributed by atoms with Crippen LogP contribution >= 0.6 is 0 Å². The van der Waals surface area contributed by atoms with E-state index in [4.69, 9.17) is 24.1 Å². The maximum Gasteiger partial charge on any atom is 0.347 e. The summed E-state index contributed by atoms with van der Waals surface area (Å²) in [4.78, 5) is 48.4. The van der Waals surface area contributed by atoms with Gasteiger partial charge in [-0.25, -0.2) is 14.4 Å². The molecule has 3 rings (SSSR count). The van der Waals surface area contributed by atoms with E-state index in [1.807, 2.05) is 0 Å². The number of esters is 3. The number of hydrogen-bond donors (Lipinski definition) is 4. The number of phenols is 3. The topological polar surface area (TPSA) is 186 Å². The minimum Gasteiger partial charge on any atom is -0.507 e. The van der Waals surface area contributed by atoms with Gasteiger partial charge in [-0.1, -0.05) is 0 Å². The molecule has 0 unspecified atom stereocenters. The normalized spacial score (nSPS) is 10.5. The minimum atomic E-state index is -1.36. The van der Waals surface area contributed by atoms with E-state index < -0.39 is 41.1 Å². The number of phenolic OH excluding ortho intramolecular Hbond substituents is 2. The van der Waals surface area contributed by atoms with E-state index in [0.29, 0.717) is 0 Å². The fourth-order valence-corrected chi connectivity index (χ4v) is 3.89. The van der Waals surface area contributed by atoms with E-state index in [1.54, 1.807) is 0 Å². The Labute approximate surface area is 221 Å². The number of carbonyl (C=O) groups excluding carboxylic acids is 3. The molecule has 3 aromatic carbocycles. The smallest absolute Gasteiger partial charge is 0.347 e. The van der Waals surface area contributed by atoms with Crippen molar-refractivity contribution in [1.82, 2.24) is 0 Å². The number of benzene rings is 3. The van der Waals surface area contributed by atoms with Crippen LogP contribution in [0.4, 0.5) is 0 Å². The van der Waals surface area contributed by atoms with Gasteiger partial charge in [-0.2, -0.15) is 0 Å². The molecule has 12 heteroatoms. The highest BCUT2D eigenvalue weighted by atomic mass is 16.6. The molecule has 0 saturated carbocycles. The van der Waals surface area contributed by atoms with E-state index >= 15 is 0 Å². The summed E-state index contributed by atoms with van der Waals surface area (Å²) in [6, 6.07) is 5.54. The summed E-state index contributed by atoms with van der Waals surface area (Å²) in [5.41, 5.74) is -0.427. The molecule has 0 aliphatic carbocycles. The van der Waals surface area contributed by atoms with Crippen LogP contribution in [0.2, 0.25) is 0 Å². The van der Waals surface area contributed by atoms with Crippen LogP contribution in [0.15, 0.2) is 30.3 Å². The summed E-state index contributed by atoms with van der Waals surface area (Å²) >= 11 is 0. The second kappa shape index (κ2) is 11.0. The van der Waals surface area contributed by atoms with Gasteiger partial charge in [0, 0.05) is 30.7 Å². The third kappa shape index (κ3) is 5.85. The Bertz CT molecular complexity index is 1470. The van der Waals surface area contributed by atoms with Crippen molar-refractivity contribution in [3.05, 3.63) is 63.7 Å². The average molecular weight is 540 g/mol. The lowest BCUT2D eigenvalue weighted by Gasteiger charge is -2.16. The standard InChI is InChI=1S/C27H24O12/c1-11-6-15(8-17(29)21(11)25(32)33)38-26(34)22-12(2)7-16(9-18(22)30)39-27(35)23-13(3)24(37-14(4)28)19(31)10-20(23)36-5/h6-10,29-31H,1-5H3,(H,32,33). The second-order valence-electron chi connectivity index (χ2n) is 8.37. The molecule has 0 amide bonds. The van der Waals surface area contributed by atoms with Crippen LogP contribution in [-0.2, 0) is 4.79 Å². The van der Waals surface area contributed by atoms with Gasteiger partial charge in [0.2, 0.25) is 0 Å². The summed E-state index contributed by atoms with van der Waals surface area (Å²) in [6.07, 6.45) is 0. The number of aryl methyl sites for hydroxylation is 2. The number of aromatic hydroxyl groups is 3. The number of carboxylic acid groups (broad SMARTS) is 1. The molecule has 0 atom stereocenters. The fraction of sp³-hybridized carbons (Fsp3) is 0.185. The quantitative estimate of drug-likeness (QED) is 0.251. The first-order valence-corrected chi connectivity index (χ1v) is 11.2. The molecule has 204 valence electrons. The van der Waals surface area contributed by atoms with Crippen LogP contribution in [0.25, 0.3) is 0 Å². The molecule has 0 radical (unpaired) electrons. The number of carboxylic acids is 1. The summed E-state index contributed by atoms with van der Waals surface area (Å²) < 4.78 is 20.7. The van der Waals surface area contributed by atoms with E-state index in [-0.39, 0.29) is 56.4 Å². The van der Waals surface area contributed by atoms with E-state index in [1.165, 1.54) is 40.0 Å². The fourth-order valence-electron chi connectivity index (χ4n) is 3.89. The molecular weight excluding hydrogens is 516 g/mol. The van der Waals surface area contributed by atoms with Gasteiger partial charge in [0.1, 0.15) is 45.4 Å². The van der Waals surface area contributed by atoms with Crippen molar-refractivity contribution in [2.45, 2.75) is 27.7 Å². The largest absolute Gasteiger partial charge is 0.507 e. The van der Waals surface area contributed by atoms with E-state index in [2.05, 4.69) is 0 Å². The Morgan fingerprint density at radius 2 is 1.15 bits per heavy atom. The van der Waals surface area contributed by atoms with Crippen LogP contribution < -0.4 is 18.9 Å². The summed E-state index contributed by atoms with van der Waals surface area (Å²) in [6.45, 7) is 5.37. The van der Waals surface area contributed by atoms with Crippen molar-refractivity contribution in [1.29, 1.82) is 0 Å². The third-order valence-electron chi connectivity index (χ3n) is 5.55. The van der Waals surface area contributed by atoms with Crippen molar-refractivity contribution >= 4 is 23.9 Å². The van der Waals surface area contributed by atoms with Gasteiger partial charge in [0.05, 0.1) is 7.11 Å². The molecule has 0 bridgehead atoms. The third-order valence-corrected chi connectivity index (χ3v) is 5.55. The van der Waals surface area contributed by atoms with E-state index in [9.17, 15) is 34.5 Å². The van der Waals surface area contributed by atoms with Crippen molar-refractivity contribution < 1.29 is 58.6 Å². The van der Waals surface area contributed by atoms with Crippen LogP contribution in [0, 0.1) is 20.8 Å². The van der Waals surface area contributed by atoms with Gasteiger partial charge < -0.3 is 39.4 Å². The molecule has 0 fully saturated rings. The van der Waals surface area contributed by atoms with Crippen LogP contribution in [0.3, 0.4) is 0 Å². The van der Waals surface area contributed by atoms with Gasteiger partial charge >= 0.3 is 23.9 Å². The SMILES string of the molecule is COc1cc(O)c(OC(C)=O)c(C)c1C(=O)Oc1cc(C)c(C(=O)Oc2cc(C)c(C(=O)O)c(O)c2)c(O)c1. The molecule has 0 spiro atoms. The number of carbonyl (C=O) groups is 4. The molecule has 39 heavy (non-hydrogen) atoms. The summed E-state index contributed by atoms with van der Waals surface area (Å²) in [5.74, 6) is -6.37. The minimum absolute atomic E-state index is 0.0562. The predicted octanol–water partition coefficient (Wildman–Crippen LogP) is 3.80. The number of ether oxygens (including phenoxy) is 4. The molecule has 0 aliphatic heterocycles. The van der Waals surface area contributed by atoms with Crippen molar-refractivity contribution in [3.8, 4) is 40.2 Å². The van der Waals surface area contributed by atoms with Crippen LogP contribution in [-0.4, -0.2) is 51.4 Å². The highest BCUT2D eigenvalue weighted by Crippen LogP contribution is 2.39. The number of methoxy groups -OCH3 is 1. The number of aromatic carboxylic acids is 1. The zero-order valence-electron chi connectivity index (χ0n) is 21.4. The molecular formula is C27H24O12. The Morgan fingerprint density at radius 1 is 0.667 bits per heavy atom. The number of hydrogen-bond acceptors (Lipinski definition) is 11. The molecule has 0 heterocycles. The second-order valence-corrected chi connectivity index (χ2v) is 8.37. The van der Waals surface area contributed by atoms with Crippen LogP contribution in [0.5, 0.6) is 40.2 Å². The van der Waals surface area contributed by atoms with Crippen molar-refractivity contribution in [2.75, 3.05) is 7.11 Å². The maximum atomic E-state index is 13.0. The highest BCUT2D eigenvalue weighted by molar-refractivity contribution is 5.99. The maximum absolute atomic E-state index is 13.0. The number of rotatable bonds is 7. The molecule has 3 aromatic rings. The predicted molar refractivity (Wildman–Crippen MR) is 133 cm³/mol. The van der Waals surface area contributed by atoms with Gasteiger partial charge in [-0.3, -0.25) is 4.79 Å². The monoisotopic (exact) mass is 540 g/mol. The van der Waals surface area contributed by atoms with Gasteiger partial charge in [0.15, 0.2) is 11.5 Å².